The van der Waals surface area contributed by atoms with Crippen LogP contribution in [0.3, 0.4) is 0 Å². The van der Waals surface area contributed by atoms with Gasteiger partial charge in [-0.1, -0.05) is 6.07 Å². The fourth-order valence-corrected chi connectivity index (χ4v) is 1.41. The summed E-state index contributed by atoms with van der Waals surface area (Å²) in [5.74, 6) is -2.19. The summed E-state index contributed by atoms with van der Waals surface area (Å²) in [5, 5.41) is 11.1. The summed E-state index contributed by atoms with van der Waals surface area (Å²) in [5.41, 5.74) is 0.398. The maximum atomic E-state index is 13.2. The third-order valence-corrected chi connectivity index (χ3v) is 2.52. The van der Waals surface area contributed by atoms with Crippen LogP contribution in [0.4, 0.5) is 4.39 Å². The van der Waals surface area contributed by atoms with Crippen LogP contribution in [-0.4, -0.2) is 36.7 Å². The smallest absolute Gasteiger partial charge is 0.334 e. The Morgan fingerprint density at radius 2 is 2.17 bits per heavy atom. The summed E-state index contributed by atoms with van der Waals surface area (Å²) >= 11 is 0. The maximum absolute atomic E-state index is 13.2. The molecule has 0 spiro atoms. The summed E-state index contributed by atoms with van der Waals surface area (Å²) in [7, 11) is 1.23. The van der Waals surface area contributed by atoms with Gasteiger partial charge in [0.05, 0.1) is 6.54 Å². The summed E-state index contributed by atoms with van der Waals surface area (Å²) < 4.78 is 17.9. The van der Waals surface area contributed by atoms with Crippen molar-refractivity contribution in [3.8, 4) is 0 Å². The topological polar surface area (TPSA) is 75.6 Å². The van der Waals surface area contributed by atoms with Crippen molar-refractivity contribution in [1.29, 1.82) is 0 Å². The molecular formula is C12H14FNO4. The number of halogens is 1. The molecule has 0 aliphatic carbocycles. The van der Waals surface area contributed by atoms with Gasteiger partial charge < -0.3 is 15.2 Å². The van der Waals surface area contributed by atoms with Crippen molar-refractivity contribution in [1.82, 2.24) is 5.32 Å². The van der Waals surface area contributed by atoms with E-state index in [1.165, 1.54) is 32.2 Å². The van der Waals surface area contributed by atoms with E-state index >= 15 is 0 Å². The number of nitrogens with one attached hydrogen (secondary N) is 1. The standard InChI is InChI=1S/C12H14FNO4/c1-7-8(4-3-5-9(7)13)11(15)14-6-10(18-2)12(16)17/h3-5,10H,6H2,1-2H3,(H,14,15)(H,16,17). The van der Waals surface area contributed by atoms with Crippen LogP contribution in [0.2, 0.25) is 0 Å². The van der Waals surface area contributed by atoms with Crippen molar-refractivity contribution in [3.63, 3.8) is 0 Å². The van der Waals surface area contributed by atoms with Gasteiger partial charge in [0.15, 0.2) is 6.10 Å². The van der Waals surface area contributed by atoms with Gasteiger partial charge in [0.2, 0.25) is 0 Å². The average Bonchev–Trinajstić information content (AvgIpc) is 2.32. The van der Waals surface area contributed by atoms with Gasteiger partial charge in [-0.3, -0.25) is 4.79 Å². The van der Waals surface area contributed by atoms with Gasteiger partial charge in [-0.25, -0.2) is 9.18 Å². The molecule has 5 nitrogen and oxygen atoms in total. The lowest BCUT2D eigenvalue weighted by Crippen LogP contribution is -2.38. The number of carbonyl (C=O) groups is 2. The molecule has 0 aliphatic heterocycles. The molecule has 0 fully saturated rings. The molecule has 0 saturated carbocycles. The van der Waals surface area contributed by atoms with Crippen molar-refractivity contribution in [3.05, 3.63) is 35.1 Å². The van der Waals surface area contributed by atoms with Crippen LogP contribution in [0.1, 0.15) is 15.9 Å². The average molecular weight is 255 g/mol. The number of aliphatic carboxylic acids is 1. The van der Waals surface area contributed by atoms with Crippen molar-refractivity contribution >= 4 is 11.9 Å². The molecule has 1 aromatic carbocycles. The van der Waals surface area contributed by atoms with Crippen LogP contribution < -0.4 is 5.32 Å². The Balaban J connectivity index is 2.71. The Morgan fingerprint density at radius 3 is 2.72 bits per heavy atom. The van der Waals surface area contributed by atoms with E-state index in [-0.39, 0.29) is 17.7 Å². The lowest BCUT2D eigenvalue weighted by atomic mass is 10.1. The molecule has 1 rings (SSSR count). The van der Waals surface area contributed by atoms with E-state index in [1.807, 2.05) is 0 Å². The van der Waals surface area contributed by atoms with Crippen molar-refractivity contribution < 1.29 is 23.8 Å². The predicted molar refractivity (Wildman–Crippen MR) is 61.9 cm³/mol. The molecule has 0 bridgehead atoms. The van der Waals surface area contributed by atoms with E-state index in [0.29, 0.717) is 0 Å². The lowest BCUT2D eigenvalue weighted by molar-refractivity contribution is -0.148. The molecule has 2 N–H and O–H groups in total. The first-order valence-electron chi connectivity index (χ1n) is 5.26. The van der Waals surface area contributed by atoms with Gasteiger partial charge in [-0.05, 0) is 24.6 Å². The van der Waals surface area contributed by atoms with Crippen molar-refractivity contribution in [2.24, 2.45) is 0 Å². The summed E-state index contributed by atoms with van der Waals surface area (Å²) in [6.07, 6.45) is -1.12. The van der Waals surface area contributed by atoms with Crippen LogP contribution >= 0.6 is 0 Å². The minimum Gasteiger partial charge on any atom is -0.479 e. The SMILES string of the molecule is COC(CNC(=O)c1cccc(F)c1C)C(=O)O. The number of benzene rings is 1. The fraction of sp³-hybridized carbons (Fsp3) is 0.333. The van der Waals surface area contributed by atoms with Gasteiger partial charge >= 0.3 is 5.97 Å². The highest BCUT2D eigenvalue weighted by Gasteiger charge is 2.18. The molecule has 1 aromatic rings. The van der Waals surface area contributed by atoms with Crippen molar-refractivity contribution in [2.45, 2.75) is 13.0 Å². The number of carboxylic acid groups (broad SMARTS) is 1. The highest BCUT2D eigenvalue weighted by Crippen LogP contribution is 2.11. The molecule has 0 heterocycles. The zero-order valence-corrected chi connectivity index (χ0v) is 10.1. The van der Waals surface area contributed by atoms with Crippen LogP contribution in [0.25, 0.3) is 0 Å². The fourth-order valence-electron chi connectivity index (χ4n) is 1.41. The quantitative estimate of drug-likeness (QED) is 0.821. The number of rotatable bonds is 5. The first-order valence-corrected chi connectivity index (χ1v) is 5.26. The largest absolute Gasteiger partial charge is 0.479 e. The van der Waals surface area contributed by atoms with Gasteiger partial charge in [-0.15, -0.1) is 0 Å². The van der Waals surface area contributed by atoms with E-state index in [2.05, 4.69) is 10.1 Å². The number of carbonyl (C=O) groups excluding carboxylic acids is 1. The normalized spacial score (nSPS) is 11.9. The Hall–Kier alpha value is -1.95. The van der Waals surface area contributed by atoms with E-state index in [0.717, 1.165) is 0 Å². The van der Waals surface area contributed by atoms with E-state index in [9.17, 15) is 14.0 Å². The van der Waals surface area contributed by atoms with Gasteiger partial charge in [0.1, 0.15) is 5.82 Å². The Labute approximate surface area is 104 Å². The molecule has 1 amide bonds. The third kappa shape index (κ3) is 3.27. The van der Waals surface area contributed by atoms with E-state index in [4.69, 9.17) is 5.11 Å². The summed E-state index contributed by atoms with van der Waals surface area (Å²) in [4.78, 5) is 22.4. The number of ether oxygens (including phenoxy) is 1. The van der Waals surface area contributed by atoms with Crippen LogP contribution in [0, 0.1) is 12.7 Å². The lowest BCUT2D eigenvalue weighted by Gasteiger charge is -2.12. The number of amides is 1. The van der Waals surface area contributed by atoms with Crippen molar-refractivity contribution in [2.75, 3.05) is 13.7 Å². The Morgan fingerprint density at radius 1 is 1.50 bits per heavy atom. The maximum Gasteiger partial charge on any atom is 0.334 e. The third-order valence-electron chi connectivity index (χ3n) is 2.52. The number of carboxylic acids is 1. The minimum absolute atomic E-state index is 0.176. The molecular weight excluding hydrogens is 241 g/mol. The number of methoxy groups -OCH3 is 1. The minimum atomic E-state index is -1.17. The molecule has 0 aliphatic rings. The zero-order chi connectivity index (χ0) is 13.7. The Kier molecular flexibility index (Phi) is 4.79. The molecule has 1 unspecified atom stereocenters. The summed E-state index contributed by atoms with van der Waals surface area (Å²) in [6, 6.07) is 4.14. The highest BCUT2D eigenvalue weighted by molar-refractivity contribution is 5.95. The van der Waals surface area contributed by atoms with Gasteiger partial charge in [0, 0.05) is 12.7 Å². The second kappa shape index (κ2) is 6.11. The van der Waals surface area contributed by atoms with Crippen LogP contribution in [0.15, 0.2) is 18.2 Å². The van der Waals surface area contributed by atoms with Crippen LogP contribution in [0.5, 0.6) is 0 Å². The molecule has 0 aromatic heterocycles. The first-order chi connectivity index (χ1) is 8.47. The first kappa shape index (κ1) is 14.1. The number of hydrogen-bond donors (Lipinski definition) is 2. The van der Waals surface area contributed by atoms with Crippen LogP contribution in [-0.2, 0) is 9.53 Å². The Bertz CT molecular complexity index is 461. The second-order valence-electron chi connectivity index (χ2n) is 3.69. The molecule has 98 valence electrons. The number of hydrogen-bond acceptors (Lipinski definition) is 3. The highest BCUT2D eigenvalue weighted by atomic mass is 19.1. The van der Waals surface area contributed by atoms with E-state index in [1.54, 1.807) is 0 Å². The molecule has 0 radical (unpaired) electrons. The summed E-state index contributed by atoms with van der Waals surface area (Å²) in [6.45, 7) is 1.30. The molecule has 18 heavy (non-hydrogen) atoms. The monoisotopic (exact) mass is 255 g/mol. The zero-order valence-electron chi connectivity index (χ0n) is 10.1. The van der Waals surface area contributed by atoms with Gasteiger partial charge in [-0.2, -0.15) is 0 Å². The second-order valence-corrected chi connectivity index (χ2v) is 3.69. The molecule has 6 heteroatoms. The molecule has 0 saturated heterocycles. The predicted octanol–water partition coefficient (Wildman–Crippen LogP) is 0.964. The molecule has 1 atom stereocenters. The van der Waals surface area contributed by atoms with E-state index < -0.39 is 23.8 Å². The van der Waals surface area contributed by atoms with Gasteiger partial charge in [0.25, 0.3) is 5.91 Å².